The Morgan fingerprint density at radius 3 is 2.45 bits per heavy atom. The van der Waals surface area contributed by atoms with Crippen LogP contribution in [0.5, 0.6) is 5.75 Å². The van der Waals surface area contributed by atoms with Crippen LogP contribution < -0.4 is 10.2 Å². The normalized spacial score (nSPS) is 15.7. The monoisotopic (exact) mass is 423 g/mol. The number of phenolic OH excluding ortho intramolecular Hbond substituents is 1. The molecule has 0 atom stereocenters. The number of carbonyl (C=O) groups is 2. The molecular weight excluding hydrogens is 410 g/mol. The number of nitrogens with one attached hydrogen (secondary N) is 1. The quantitative estimate of drug-likeness (QED) is 0.383. The SMILES string of the molecule is O=C1NC(=S)N(c2ccccc2Cl)C(=O)/C1=C/c1cccn1-c1ccc(O)cc1. The van der Waals surface area contributed by atoms with E-state index in [1.807, 2.05) is 0 Å². The first-order valence-electron chi connectivity index (χ1n) is 8.58. The van der Waals surface area contributed by atoms with Crippen molar-refractivity contribution in [2.45, 2.75) is 0 Å². The topological polar surface area (TPSA) is 74.6 Å². The van der Waals surface area contributed by atoms with Gasteiger partial charge in [0.05, 0.1) is 10.7 Å². The molecule has 1 saturated heterocycles. The number of halogens is 1. The number of nitrogens with zero attached hydrogens (tertiary/aromatic N) is 2. The molecule has 1 fully saturated rings. The van der Waals surface area contributed by atoms with Gasteiger partial charge < -0.3 is 9.67 Å². The summed E-state index contributed by atoms with van der Waals surface area (Å²) in [5.74, 6) is -1.00. The van der Waals surface area contributed by atoms with Gasteiger partial charge in [0.1, 0.15) is 11.3 Å². The van der Waals surface area contributed by atoms with Gasteiger partial charge in [-0.05, 0) is 66.8 Å². The minimum atomic E-state index is -0.582. The van der Waals surface area contributed by atoms with E-state index in [4.69, 9.17) is 23.8 Å². The standard InChI is InChI=1S/C21H14ClN3O3S/c22-17-5-1-2-6-18(17)25-20(28)16(19(27)23-21(25)29)12-14-4-3-11-24(14)13-7-9-15(26)10-8-13/h1-12,26H,(H,23,27,29)/b16-12+. The van der Waals surface area contributed by atoms with E-state index in [1.165, 1.54) is 11.0 Å². The van der Waals surface area contributed by atoms with Crippen molar-refractivity contribution in [2.24, 2.45) is 0 Å². The maximum Gasteiger partial charge on any atom is 0.270 e. The van der Waals surface area contributed by atoms with Gasteiger partial charge in [-0.1, -0.05) is 23.7 Å². The number of benzene rings is 2. The van der Waals surface area contributed by atoms with Crippen molar-refractivity contribution in [1.82, 2.24) is 9.88 Å². The van der Waals surface area contributed by atoms with Crippen molar-refractivity contribution < 1.29 is 14.7 Å². The van der Waals surface area contributed by atoms with Crippen molar-refractivity contribution in [3.05, 3.63) is 83.2 Å². The number of hydrogen-bond donors (Lipinski definition) is 2. The number of para-hydroxylation sites is 1. The summed E-state index contributed by atoms with van der Waals surface area (Å²) in [4.78, 5) is 26.8. The molecule has 1 aliphatic rings. The maximum atomic E-state index is 13.1. The first kappa shape index (κ1) is 18.9. The van der Waals surface area contributed by atoms with Crippen LogP contribution in [0.2, 0.25) is 5.02 Å². The highest BCUT2D eigenvalue weighted by Gasteiger charge is 2.35. The van der Waals surface area contributed by atoms with Gasteiger partial charge in [-0.25, -0.2) is 0 Å². The minimum Gasteiger partial charge on any atom is -0.508 e. The zero-order valence-corrected chi connectivity index (χ0v) is 16.4. The van der Waals surface area contributed by atoms with E-state index < -0.39 is 11.8 Å². The Labute approximate surface area is 176 Å². The third kappa shape index (κ3) is 3.53. The zero-order chi connectivity index (χ0) is 20.5. The van der Waals surface area contributed by atoms with Crippen LogP contribution in [-0.2, 0) is 9.59 Å². The Bertz CT molecular complexity index is 1170. The van der Waals surface area contributed by atoms with Crippen molar-refractivity contribution >= 4 is 52.5 Å². The molecule has 0 unspecified atom stereocenters. The number of thiocarbonyl (C=S) groups is 1. The number of phenols is 1. The van der Waals surface area contributed by atoms with Gasteiger partial charge in [-0.2, -0.15) is 0 Å². The number of carbonyl (C=O) groups excluding carboxylic acids is 2. The lowest BCUT2D eigenvalue weighted by Gasteiger charge is -2.29. The van der Waals surface area contributed by atoms with Crippen LogP contribution in [0.3, 0.4) is 0 Å². The molecule has 1 aliphatic heterocycles. The Morgan fingerprint density at radius 1 is 1.00 bits per heavy atom. The highest BCUT2D eigenvalue weighted by Crippen LogP contribution is 2.29. The molecule has 3 aromatic rings. The average molecular weight is 424 g/mol. The molecule has 2 aromatic carbocycles. The molecular formula is C21H14ClN3O3S. The second-order valence-electron chi connectivity index (χ2n) is 6.23. The van der Waals surface area contributed by atoms with Crippen molar-refractivity contribution in [3.63, 3.8) is 0 Å². The average Bonchev–Trinajstić information content (AvgIpc) is 3.15. The molecule has 29 heavy (non-hydrogen) atoms. The Balaban J connectivity index is 1.76. The molecule has 0 radical (unpaired) electrons. The fourth-order valence-corrected chi connectivity index (χ4v) is 3.51. The molecule has 0 saturated carbocycles. The van der Waals surface area contributed by atoms with Gasteiger partial charge >= 0.3 is 0 Å². The summed E-state index contributed by atoms with van der Waals surface area (Å²) in [6.07, 6.45) is 3.29. The first-order valence-corrected chi connectivity index (χ1v) is 9.37. The number of amides is 2. The van der Waals surface area contributed by atoms with Gasteiger partial charge in [0.15, 0.2) is 5.11 Å². The summed E-state index contributed by atoms with van der Waals surface area (Å²) in [6.45, 7) is 0. The molecule has 1 aromatic heterocycles. The smallest absolute Gasteiger partial charge is 0.270 e. The molecule has 4 rings (SSSR count). The van der Waals surface area contributed by atoms with E-state index in [9.17, 15) is 14.7 Å². The maximum absolute atomic E-state index is 13.1. The molecule has 2 N–H and O–H groups in total. The van der Waals surface area contributed by atoms with Crippen LogP contribution in [0.25, 0.3) is 11.8 Å². The van der Waals surface area contributed by atoms with Crippen LogP contribution in [0, 0.1) is 0 Å². The summed E-state index contributed by atoms with van der Waals surface area (Å²) < 4.78 is 1.79. The lowest BCUT2D eigenvalue weighted by atomic mass is 10.1. The van der Waals surface area contributed by atoms with E-state index in [1.54, 1.807) is 71.4 Å². The third-order valence-electron chi connectivity index (χ3n) is 4.40. The van der Waals surface area contributed by atoms with Gasteiger partial charge in [0, 0.05) is 17.6 Å². The molecule has 8 heteroatoms. The van der Waals surface area contributed by atoms with E-state index >= 15 is 0 Å². The van der Waals surface area contributed by atoms with Crippen LogP contribution in [0.1, 0.15) is 5.69 Å². The van der Waals surface area contributed by atoms with Crippen molar-refractivity contribution in [3.8, 4) is 11.4 Å². The zero-order valence-electron chi connectivity index (χ0n) is 14.9. The van der Waals surface area contributed by atoms with E-state index in [2.05, 4.69) is 5.32 Å². The van der Waals surface area contributed by atoms with Gasteiger partial charge in [0.25, 0.3) is 11.8 Å². The highest BCUT2D eigenvalue weighted by atomic mass is 35.5. The number of aromatic nitrogens is 1. The molecule has 0 spiro atoms. The molecule has 2 heterocycles. The van der Waals surface area contributed by atoms with E-state index in [0.717, 1.165) is 5.69 Å². The predicted octanol–water partition coefficient (Wildman–Crippen LogP) is 3.67. The summed E-state index contributed by atoms with van der Waals surface area (Å²) >= 11 is 11.4. The van der Waals surface area contributed by atoms with Gasteiger partial charge in [-0.3, -0.25) is 19.8 Å². The molecule has 0 aliphatic carbocycles. The van der Waals surface area contributed by atoms with Crippen LogP contribution in [-0.4, -0.2) is 26.6 Å². The Morgan fingerprint density at radius 2 is 1.72 bits per heavy atom. The molecule has 144 valence electrons. The molecule has 0 bridgehead atoms. The summed E-state index contributed by atoms with van der Waals surface area (Å²) in [7, 11) is 0. The Kier molecular flexibility index (Phi) is 4.92. The molecule has 2 amide bonds. The fraction of sp³-hybridized carbons (Fsp3) is 0. The largest absolute Gasteiger partial charge is 0.508 e. The van der Waals surface area contributed by atoms with Crippen LogP contribution >= 0.6 is 23.8 Å². The minimum absolute atomic E-state index is 0.0285. The Hall–Kier alpha value is -3.42. The van der Waals surface area contributed by atoms with Gasteiger partial charge in [0.2, 0.25) is 0 Å². The number of rotatable bonds is 3. The lowest BCUT2D eigenvalue weighted by molar-refractivity contribution is -0.122. The van der Waals surface area contributed by atoms with Crippen LogP contribution in [0.4, 0.5) is 5.69 Å². The van der Waals surface area contributed by atoms with Crippen molar-refractivity contribution in [2.75, 3.05) is 4.90 Å². The number of hydrogen-bond acceptors (Lipinski definition) is 4. The first-order chi connectivity index (χ1) is 14.0. The number of aromatic hydroxyl groups is 1. The third-order valence-corrected chi connectivity index (χ3v) is 5.00. The predicted molar refractivity (Wildman–Crippen MR) is 115 cm³/mol. The molecule has 6 nitrogen and oxygen atoms in total. The summed E-state index contributed by atoms with van der Waals surface area (Å²) in [6, 6.07) is 16.9. The summed E-state index contributed by atoms with van der Waals surface area (Å²) in [5.41, 5.74) is 1.70. The van der Waals surface area contributed by atoms with Crippen molar-refractivity contribution in [1.29, 1.82) is 0 Å². The van der Waals surface area contributed by atoms with Crippen LogP contribution in [0.15, 0.2) is 72.4 Å². The fourth-order valence-electron chi connectivity index (χ4n) is 3.02. The second kappa shape index (κ2) is 7.54. The summed E-state index contributed by atoms with van der Waals surface area (Å²) in [5, 5.41) is 12.3. The second-order valence-corrected chi connectivity index (χ2v) is 7.02. The van der Waals surface area contributed by atoms with E-state index in [-0.39, 0.29) is 16.4 Å². The van der Waals surface area contributed by atoms with E-state index in [0.29, 0.717) is 16.4 Å². The number of anilines is 1. The highest BCUT2D eigenvalue weighted by molar-refractivity contribution is 7.80. The lowest BCUT2D eigenvalue weighted by Crippen LogP contribution is -2.54. The van der Waals surface area contributed by atoms with Gasteiger partial charge in [-0.15, -0.1) is 0 Å².